The molecule has 1 aliphatic carbocycles. The molecule has 0 heterocycles. The van der Waals surface area contributed by atoms with Crippen molar-refractivity contribution in [1.29, 1.82) is 0 Å². The zero-order valence-electron chi connectivity index (χ0n) is 11.4. The van der Waals surface area contributed by atoms with Crippen LogP contribution in [0.25, 0.3) is 0 Å². The predicted molar refractivity (Wildman–Crippen MR) is 66.5 cm³/mol. The maximum atomic E-state index is 11.8. The van der Waals surface area contributed by atoms with Crippen LogP contribution in [0.1, 0.15) is 53.4 Å². The Kier molecular flexibility index (Phi) is 4.72. The molecule has 3 nitrogen and oxygen atoms in total. The lowest BCUT2D eigenvalue weighted by Gasteiger charge is -2.36. The zero-order valence-corrected chi connectivity index (χ0v) is 11.4. The van der Waals surface area contributed by atoms with Crippen LogP contribution in [0.5, 0.6) is 0 Å². The second-order valence-corrected chi connectivity index (χ2v) is 6.02. The molecule has 0 radical (unpaired) electrons. The van der Waals surface area contributed by atoms with Gasteiger partial charge in [-0.25, -0.2) is 0 Å². The van der Waals surface area contributed by atoms with Crippen molar-refractivity contribution in [1.82, 2.24) is 0 Å². The molecule has 2 unspecified atom stereocenters. The van der Waals surface area contributed by atoms with Crippen LogP contribution in [-0.4, -0.2) is 18.4 Å². The largest absolute Gasteiger partial charge is 0.465 e. The molecule has 0 bridgehead atoms. The maximum Gasteiger partial charge on any atom is 0.316 e. The van der Waals surface area contributed by atoms with Crippen molar-refractivity contribution in [3.8, 4) is 0 Å². The second kappa shape index (κ2) is 5.65. The summed E-state index contributed by atoms with van der Waals surface area (Å²) in [5.41, 5.74) is 0.157. The molecule has 1 aliphatic rings. The molecule has 0 saturated heterocycles. The number of esters is 1. The first kappa shape index (κ1) is 14.2. The number of hydrogen-bond donors (Lipinski definition) is 0. The highest BCUT2D eigenvalue weighted by Gasteiger charge is 2.39. The molecule has 1 fully saturated rings. The van der Waals surface area contributed by atoms with Gasteiger partial charge in [0.05, 0.1) is 6.61 Å². The van der Waals surface area contributed by atoms with Gasteiger partial charge in [0.15, 0.2) is 0 Å². The minimum atomic E-state index is -0.514. The van der Waals surface area contributed by atoms with E-state index < -0.39 is 5.92 Å². The Morgan fingerprint density at radius 1 is 1.41 bits per heavy atom. The van der Waals surface area contributed by atoms with Gasteiger partial charge in [0.2, 0.25) is 0 Å². The molecule has 1 rings (SSSR count). The van der Waals surface area contributed by atoms with Crippen LogP contribution in [0, 0.1) is 17.3 Å². The lowest BCUT2D eigenvalue weighted by atomic mass is 9.69. The SMILES string of the molecule is CCCOC(=O)C1CC(C(C)(C)C)CCC1=O. The topological polar surface area (TPSA) is 43.4 Å². The number of ether oxygens (including phenoxy) is 1. The van der Waals surface area contributed by atoms with Gasteiger partial charge < -0.3 is 4.74 Å². The third-order valence-corrected chi connectivity index (χ3v) is 3.61. The van der Waals surface area contributed by atoms with Gasteiger partial charge in [0.25, 0.3) is 0 Å². The molecule has 1 saturated carbocycles. The number of Topliss-reactive ketones (excluding diaryl/α,β-unsaturated/α-hetero) is 1. The van der Waals surface area contributed by atoms with Crippen LogP contribution >= 0.6 is 0 Å². The van der Waals surface area contributed by atoms with Crippen molar-refractivity contribution in [2.45, 2.75) is 53.4 Å². The Labute approximate surface area is 104 Å². The van der Waals surface area contributed by atoms with E-state index in [1.54, 1.807) is 0 Å². The highest BCUT2D eigenvalue weighted by atomic mass is 16.5. The summed E-state index contributed by atoms with van der Waals surface area (Å²) in [5.74, 6) is -0.337. The van der Waals surface area contributed by atoms with Gasteiger partial charge in [-0.2, -0.15) is 0 Å². The molecule has 0 amide bonds. The van der Waals surface area contributed by atoms with Gasteiger partial charge in [-0.1, -0.05) is 27.7 Å². The van der Waals surface area contributed by atoms with Crippen molar-refractivity contribution in [3.63, 3.8) is 0 Å². The minimum absolute atomic E-state index is 0.0617. The van der Waals surface area contributed by atoms with Crippen LogP contribution in [0.4, 0.5) is 0 Å². The smallest absolute Gasteiger partial charge is 0.316 e. The van der Waals surface area contributed by atoms with E-state index in [9.17, 15) is 9.59 Å². The number of ketones is 1. The Hall–Kier alpha value is -0.860. The quantitative estimate of drug-likeness (QED) is 0.562. The summed E-state index contributed by atoms with van der Waals surface area (Å²) >= 11 is 0. The first-order valence-electron chi connectivity index (χ1n) is 6.55. The van der Waals surface area contributed by atoms with Crippen molar-refractivity contribution < 1.29 is 14.3 Å². The molecule has 0 N–H and O–H groups in total. The molecule has 98 valence electrons. The van der Waals surface area contributed by atoms with Gasteiger partial charge in [0, 0.05) is 6.42 Å². The first-order valence-corrected chi connectivity index (χ1v) is 6.55. The minimum Gasteiger partial charge on any atom is -0.465 e. The zero-order chi connectivity index (χ0) is 13.1. The van der Waals surface area contributed by atoms with E-state index in [1.165, 1.54) is 0 Å². The number of carbonyl (C=O) groups excluding carboxylic acids is 2. The first-order chi connectivity index (χ1) is 7.86. The van der Waals surface area contributed by atoms with Crippen LogP contribution in [0.3, 0.4) is 0 Å². The lowest BCUT2D eigenvalue weighted by molar-refractivity contribution is -0.154. The number of carbonyl (C=O) groups is 2. The second-order valence-electron chi connectivity index (χ2n) is 6.02. The molecule has 0 aromatic heterocycles. The van der Waals surface area contributed by atoms with Gasteiger partial charge >= 0.3 is 5.97 Å². The molecule has 0 aromatic carbocycles. The summed E-state index contributed by atoms with van der Waals surface area (Å²) in [6.07, 6.45) is 2.88. The van der Waals surface area contributed by atoms with Crippen molar-refractivity contribution >= 4 is 11.8 Å². The summed E-state index contributed by atoms with van der Waals surface area (Å²) in [6, 6.07) is 0. The van der Waals surface area contributed by atoms with E-state index in [0.717, 1.165) is 12.8 Å². The molecule has 0 spiro atoms. The van der Waals surface area contributed by atoms with Crippen molar-refractivity contribution in [2.24, 2.45) is 17.3 Å². The summed E-state index contributed by atoms with van der Waals surface area (Å²) in [7, 11) is 0. The van der Waals surface area contributed by atoms with E-state index in [1.807, 2.05) is 6.92 Å². The molecule has 0 aliphatic heterocycles. The van der Waals surface area contributed by atoms with Crippen LogP contribution in [0.2, 0.25) is 0 Å². The van der Waals surface area contributed by atoms with E-state index in [-0.39, 0.29) is 17.2 Å². The number of rotatable bonds is 3. The average Bonchev–Trinajstić information content (AvgIpc) is 2.24. The lowest BCUT2D eigenvalue weighted by Crippen LogP contribution is -2.36. The third kappa shape index (κ3) is 3.83. The normalized spacial score (nSPS) is 25.8. The Balaban J connectivity index is 2.63. The average molecular weight is 240 g/mol. The Morgan fingerprint density at radius 2 is 2.06 bits per heavy atom. The fourth-order valence-electron chi connectivity index (χ4n) is 2.34. The summed E-state index contributed by atoms with van der Waals surface area (Å²) in [4.78, 5) is 23.6. The van der Waals surface area contributed by atoms with Crippen LogP contribution in [0.15, 0.2) is 0 Å². The van der Waals surface area contributed by atoms with Crippen LogP contribution in [-0.2, 0) is 14.3 Å². The highest BCUT2D eigenvalue weighted by Crippen LogP contribution is 2.39. The van der Waals surface area contributed by atoms with E-state index in [4.69, 9.17) is 4.74 Å². The van der Waals surface area contributed by atoms with Gasteiger partial charge in [-0.3, -0.25) is 9.59 Å². The number of hydrogen-bond acceptors (Lipinski definition) is 3. The van der Waals surface area contributed by atoms with E-state index in [2.05, 4.69) is 20.8 Å². The predicted octanol–water partition coefficient (Wildman–Crippen LogP) is 2.97. The molecule has 2 atom stereocenters. The Morgan fingerprint density at radius 3 is 2.59 bits per heavy atom. The fourth-order valence-corrected chi connectivity index (χ4v) is 2.34. The van der Waals surface area contributed by atoms with E-state index >= 15 is 0 Å². The maximum absolute atomic E-state index is 11.8. The van der Waals surface area contributed by atoms with Crippen LogP contribution < -0.4 is 0 Å². The Bertz CT molecular complexity index is 288. The summed E-state index contributed by atoms with van der Waals surface area (Å²) in [5, 5.41) is 0. The van der Waals surface area contributed by atoms with E-state index in [0.29, 0.717) is 25.4 Å². The molecule has 17 heavy (non-hydrogen) atoms. The fraction of sp³-hybridized carbons (Fsp3) is 0.857. The molecule has 0 aromatic rings. The van der Waals surface area contributed by atoms with Gasteiger partial charge in [0.1, 0.15) is 11.7 Å². The standard InChI is InChI=1S/C14H24O3/c1-5-8-17-13(16)11-9-10(14(2,3)4)6-7-12(11)15/h10-11H,5-9H2,1-4H3. The van der Waals surface area contributed by atoms with Crippen molar-refractivity contribution in [3.05, 3.63) is 0 Å². The third-order valence-electron chi connectivity index (χ3n) is 3.61. The van der Waals surface area contributed by atoms with Crippen molar-refractivity contribution in [2.75, 3.05) is 6.61 Å². The molecule has 3 heteroatoms. The summed E-state index contributed by atoms with van der Waals surface area (Å²) < 4.78 is 5.10. The molecular weight excluding hydrogens is 216 g/mol. The highest BCUT2D eigenvalue weighted by molar-refractivity contribution is 5.99. The van der Waals surface area contributed by atoms with Gasteiger partial charge in [-0.05, 0) is 30.6 Å². The molecular formula is C14H24O3. The summed E-state index contributed by atoms with van der Waals surface area (Å²) in [6.45, 7) is 8.88. The van der Waals surface area contributed by atoms with Gasteiger partial charge in [-0.15, -0.1) is 0 Å². The monoisotopic (exact) mass is 240 g/mol.